The van der Waals surface area contributed by atoms with Gasteiger partial charge < -0.3 is 0 Å². The molecule has 1 N–H and O–H groups in total. The van der Waals surface area contributed by atoms with E-state index in [2.05, 4.69) is 15.5 Å². The fourth-order valence-electron chi connectivity index (χ4n) is 1.66. The zero-order valence-corrected chi connectivity index (χ0v) is 10.7. The Hall–Kier alpha value is -2.25. The number of alkyl halides is 2. The second-order valence-electron chi connectivity index (χ2n) is 4.23. The number of pyridine rings is 1. The number of fused-ring (bicyclic) bond motifs is 1. The first-order chi connectivity index (χ1) is 8.91. The number of halogens is 2. The van der Waals surface area contributed by atoms with Crippen molar-refractivity contribution in [2.45, 2.75) is 20.4 Å². The van der Waals surface area contributed by atoms with Gasteiger partial charge in [-0.1, -0.05) is 0 Å². The number of anilines is 1. The molecule has 2 aromatic heterocycles. The van der Waals surface area contributed by atoms with Crippen molar-refractivity contribution in [2.75, 3.05) is 5.43 Å². The molecular formula is C11H13F2N5O. The van der Waals surface area contributed by atoms with Crippen LogP contribution in [0.1, 0.15) is 20.4 Å². The molecule has 0 saturated heterocycles. The van der Waals surface area contributed by atoms with E-state index in [9.17, 15) is 13.6 Å². The summed E-state index contributed by atoms with van der Waals surface area (Å²) in [5.74, 6) is 0. The number of hydrazone groups is 1. The van der Waals surface area contributed by atoms with Gasteiger partial charge in [-0.2, -0.15) is 13.9 Å². The molecule has 0 fully saturated rings. The summed E-state index contributed by atoms with van der Waals surface area (Å²) in [7, 11) is 1.40. The molecule has 102 valence electrons. The van der Waals surface area contributed by atoms with Crippen LogP contribution in [0.4, 0.5) is 14.5 Å². The topological polar surface area (TPSA) is 64.2 Å². The van der Waals surface area contributed by atoms with Crippen molar-refractivity contribution in [3.63, 3.8) is 0 Å². The lowest BCUT2D eigenvalue weighted by molar-refractivity contribution is 0.0705. The highest BCUT2D eigenvalue weighted by molar-refractivity contribution is 5.80. The summed E-state index contributed by atoms with van der Waals surface area (Å²) in [6.45, 7) is 0.664. The highest BCUT2D eigenvalue weighted by Gasteiger charge is 2.18. The van der Waals surface area contributed by atoms with E-state index in [1.165, 1.54) is 19.3 Å². The summed E-state index contributed by atoms with van der Waals surface area (Å²) in [5.41, 5.74) is 3.37. The maximum atomic E-state index is 12.9. The highest BCUT2D eigenvalue weighted by atomic mass is 19.3. The second kappa shape index (κ2) is 4.79. The average molecular weight is 269 g/mol. The predicted molar refractivity (Wildman–Crippen MR) is 68.6 cm³/mol. The molecule has 0 bridgehead atoms. The number of hydrogen-bond donors (Lipinski definition) is 1. The van der Waals surface area contributed by atoms with Crippen LogP contribution in [0, 0.1) is 0 Å². The van der Waals surface area contributed by atoms with Crippen molar-refractivity contribution in [3.8, 4) is 0 Å². The van der Waals surface area contributed by atoms with Crippen LogP contribution in [0.3, 0.4) is 0 Å². The van der Waals surface area contributed by atoms with Crippen molar-refractivity contribution in [3.05, 3.63) is 22.7 Å². The first kappa shape index (κ1) is 13.2. The lowest BCUT2D eigenvalue weighted by Gasteiger charge is -2.03. The van der Waals surface area contributed by atoms with Crippen LogP contribution in [0.5, 0.6) is 0 Å². The largest absolute Gasteiger partial charge is 0.334 e. The van der Waals surface area contributed by atoms with Crippen molar-refractivity contribution in [1.29, 1.82) is 0 Å². The van der Waals surface area contributed by atoms with Crippen LogP contribution in [-0.4, -0.2) is 19.8 Å². The molecule has 2 heterocycles. The van der Waals surface area contributed by atoms with E-state index in [1.54, 1.807) is 13.8 Å². The molecule has 19 heavy (non-hydrogen) atoms. The number of hydrogen-bond acceptors (Lipinski definition) is 4. The molecule has 0 spiro atoms. The van der Waals surface area contributed by atoms with Gasteiger partial charge in [0.1, 0.15) is 0 Å². The Kier molecular flexibility index (Phi) is 3.32. The quantitative estimate of drug-likeness (QED) is 0.684. The van der Waals surface area contributed by atoms with Crippen LogP contribution in [0.25, 0.3) is 11.2 Å². The van der Waals surface area contributed by atoms with E-state index in [4.69, 9.17) is 0 Å². The Balaban J connectivity index is 2.61. The molecule has 0 atom stereocenters. The van der Waals surface area contributed by atoms with E-state index in [-0.39, 0.29) is 11.2 Å². The zero-order valence-electron chi connectivity index (χ0n) is 10.7. The number of nitrogens with one attached hydrogen (secondary N) is 1. The number of nitrogens with zero attached hydrogens (tertiary/aromatic N) is 4. The Labute approximate surface area is 107 Å². The lowest BCUT2D eigenvalue weighted by Crippen LogP contribution is -2.22. The molecule has 2 aromatic rings. The Morgan fingerprint density at radius 3 is 2.74 bits per heavy atom. The molecule has 0 saturated carbocycles. The number of imidazole rings is 1. The van der Waals surface area contributed by atoms with E-state index >= 15 is 0 Å². The minimum absolute atomic E-state index is 0.0662. The first-order valence-corrected chi connectivity index (χ1v) is 5.54. The van der Waals surface area contributed by atoms with Crippen LogP contribution in [-0.2, 0) is 7.05 Å². The van der Waals surface area contributed by atoms with Gasteiger partial charge in [-0.15, -0.1) is 0 Å². The van der Waals surface area contributed by atoms with Gasteiger partial charge in [0.15, 0.2) is 5.65 Å². The van der Waals surface area contributed by atoms with E-state index in [0.717, 1.165) is 10.3 Å². The minimum Gasteiger partial charge on any atom is -0.279 e. The Morgan fingerprint density at radius 2 is 2.16 bits per heavy atom. The fourth-order valence-corrected chi connectivity index (χ4v) is 1.66. The number of rotatable bonds is 3. The Bertz CT molecular complexity index is 697. The lowest BCUT2D eigenvalue weighted by atomic mass is 10.4. The SMILES string of the molecule is CC(C)=NNc1cnc2c(c1)n(C(F)F)c(=O)n2C. The number of aryl methyl sites for hydroxylation is 1. The summed E-state index contributed by atoms with van der Waals surface area (Å²) >= 11 is 0. The van der Waals surface area contributed by atoms with Gasteiger partial charge in [-0.25, -0.2) is 14.3 Å². The van der Waals surface area contributed by atoms with Gasteiger partial charge >= 0.3 is 12.2 Å². The molecule has 0 radical (unpaired) electrons. The van der Waals surface area contributed by atoms with Crippen LogP contribution >= 0.6 is 0 Å². The smallest absolute Gasteiger partial charge is 0.279 e. The molecule has 0 aliphatic rings. The summed E-state index contributed by atoms with van der Waals surface area (Å²) in [6, 6.07) is 1.42. The summed E-state index contributed by atoms with van der Waals surface area (Å²) in [4.78, 5) is 15.7. The van der Waals surface area contributed by atoms with Gasteiger partial charge in [0.05, 0.1) is 17.4 Å². The normalized spacial score (nSPS) is 11.1. The summed E-state index contributed by atoms with van der Waals surface area (Å²) in [5, 5.41) is 3.95. The molecule has 8 heteroatoms. The minimum atomic E-state index is -2.91. The molecule has 0 aromatic carbocycles. The molecule has 2 rings (SSSR count). The van der Waals surface area contributed by atoms with Crippen LogP contribution < -0.4 is 11.1 Å². The maximum Gasteiger partial charge on any atom is 0.334 e. The molecule has 0 unspecified atom stereocenters. The van der Waals surface area contributed by atoms with Gasteiger partial charge in [0.2, 0.25) is 0 Å². The average Bonchev–Trinajstić information content (AvgIpc) is 2.59. The van der Waals surface area contributed by atoms with E-state index < -0.39 is 12.2 Å². The van der Waals surface area contributed by atoms with Gasteiger partial charge in [-0.05, 0) is 19.9 Å². The third-order valence-electron chi connectivity index (χ3n) is 2.52. The van der Waals surface area contributed by atoms with Crippen molar-refractivity contribution < 1.29 is 8.78 Å². The van der Waals surface area contributed by atoms with E-state index in [1.807, 2.05) is 0 Å². The zero-order chi connectivity index (χ0) is 14.2. The van der Waals surface area contributed by atoms with Crippen molar-refractivity contribution in [1.82, 2.24) is 14.1 Å². The molecule has 0 aliphatic heterocycles. The monoisotopic (exact) mass is 269 g/mol. The third kappa shape index (κ3) is 2.33. The summed E-state index contributed by atoms with van der Waals surface area (Å²) in [6.07, 6.45) is 1.43. The predicted octanol–water partition coefficient (Wildman–Crippen LogP) is 1.94. The Morgan fingerprint density at radius 1 is 1.47 bits per heavy atom. The molecular weight excluding hydrogens is 256 g/mol. The van der Waals surface area contributed by atoms with Crippen molar-refractivity contribution >= 4 is 22.6 Å². The van der Waals surface area contributed by atoms with E-state index in [0.29, 0.717) is 10.3 Å². The standard InChI is InChI=1S/C11H13F2N5O/c1-6(2)15-16-7-4-8-9(14-5-7)17(3)11(19)18(8)10(12)13/h4-5,10,16H,1-3H3. The fraction of sp³-hybridized carbons (Fsp3) is 0.364. The van der Waals surface area contributed by atoms with Gasteiger partial charge in [-0.3, -0.25) is 9.99 Å². The maximum absolute atomic E-state index is 12.9. The molecule has 0 aliphatic carbocycles. The van der Waals surface area contributed by atoms with Gasteiger partial charge in [0, 0.05) is 12.8 Å². The van der Waals surface area contributed by atoms with Crippen LogP contribution in [0.2, 0.25) is 0 Å². The summed E-state index contributed by atoms with van der Waals surface area (Å²) < 4.78 is 27.3. The van der Waals surface area contributed by atoms with Gasteiger partial charge in [0.25, 0.3) is 0 Å². The molecule has 0 amide bonds. The second-order valence-corrected chi connectivity index (χ2v) is 4.23. The van der Waals surface area contributed by atoms with Crippen LogP contribution in [0.15, 0.2) is 22.2 Å². The molecule has 6 nitrogen and oxygen atoms in total. The number of aromatic nitrogens is 3. The van der Waals surface area contributed by atoms with Crippen molar-refractivity contribution in [2.24, 2.45) is 12.1 Å². The third-order valence-corrected chi connectivity index (χ3v) is 2.52. The first-order valence-electron chi connectivity index (χ1n) is 5.54. The highest BCUT2D eigenvalue weighted by Crippen LogP contribution is 2.20.